The molecule has 0 aliphatic heterocycles. The van der Waals surface area contributed by atoms with E-state index < -0.39 is 0 Å². The topological polar surface area (TPSA) is 41.6 Å². The van der Waals surface area contributed by atoms with E-state index in [0.717, 1.165) is 12.8 Å². The van der Waals surface area contributed by atoms with Gasteiger partial charge in [-0.2, -0.15) is 10.4 Å². The van der Waals surface area contributed by atoms with Crippen molar-refractivity contribution in [3.63, 3.8) is 0 Å². The first kappa shape index (κ1) is 6.41. The van der Waals surface area contributed by atoms with Gasteiger partial charge < -0.3 is 0 Å². The number of nitriles is 1. The maximum absolute atomic E-state index is 8.55. The van der Waals surface area contributed by atoms with E-state index in [0.29, 0.717) is 6.42 Å². The summed E-state index contributed by atoms with van der Waals surface area (Å²) in [5, 5.41) is 12.7. The van der Waals surface area contributed by atoms with E-state index in [1.165, 1.54) is 0 Å². The minimum atomic E-state index is 0.0677. The zero-order chi connectivity index (χ0) is 7.73. The fraction of sp³-hybridized carbons (Fsp3) is 0.500. The van der Waals surface area contributed by atoms with Crippen molar-refractivity contribution in [1.29, 1.82) is 5.26 Å². The van der Waals surface area contributed by atoms with Gasteiger partial charge in [-0.3, -0.25) is 4.68 Å². The molecule has 0 atom stereocenters. The van der Waals surface area contributed by atoms with Crippen molar-refractivity contribution < 1.29 is 0 Å². The average Bonchev–Trinajstić information content (AvgIpc) is 2.63. The molecular formula is C8H9N3. The molecule has 0 aromatic carbocycles. The van der Waals surface area contributed by atoms with Crippen molar-refractivity contribution >= 4 is 0 Å². The van der Waals surface area contributed by atoms with Crippen LogP contribution in [-0.4, -0.2) is 9.78 Å². The summed E-state index contributed by atoms with van der Waals surface area (Å²) in [6.07, 6.45) is 6.49. The van der Waals surface area contributed by atoms with Crippen molar-refractivity contribution in [2.24, 2.45) is 0 Å². The molecule has 1 saturated carbocycles. The number of hydrogen-bond donors (Lipinski definition) is 0. The molecule has 11 heavy (non-hydrogen) atoms. The van der Waals surface area contributed by atoms with Gasteiger partial charge in [0.1, 0.15) is 0 Å². The molecule has 0 amide bonds. The lowest BCUT2D eigenvalue weighted by Crippen LogP contribution is -2.16. The standard InChI is InChI=1S/C8H9N3/c9-5-4-8(2-3-8)11-7-1-6-10-11/h1,6-7H,2-4H2. The van der Waals surface area contributed by atoms with Gasteiger partial charge in [-0.05, 0) is 18.9 Å². The zero-order valence-corrected chi connectivity index (χ0v) is 6.20. The van der Waals surface area contributed by atoms with Crippen molar-refractivity contribution in [1.82, 2.24) is 9.78 Å². The van der Waals surface area contributed by atoms with Gasteiger partial charge in [0.05, 0.1) is 18.0 Å². The Morgan fingerprint density at radius 2 is 2.45 bits per heavy atom. The van der Waals surface area contributed by atoms with Crippen LogP contribution in [0.4, 0.5) is 0 Å². The van der Waals surface area contributed by atoms with E-state index in [1.54, 1.807) is 6.20 Å². The Labute approximate surface area is 65.3 Å². The molecule has 1 aromatic rings. The highest BCUT2D eigenvalue weighted by Gasteiger charge is 2.44. The van der Waals surface area contributed by atoms with Gasteiger partial charge in [-0.25, -0.2) is 0 Å². The van der Waals surface area contributed by atoms with E-state index in [1.807, 2.05) is 16.9 Å². The van der Waals surface area contributed by atoms with Gasteiger partial charge in [-0.15, -0.1) is 0 Å². The summed E-state index contributed by atoms with van der Waals surface area (Å²) in [6.45, 7) is 0. The van der Waals surface area contributed by atoms with Crippen molar-refractivity contribution in [3.05, 3.63) is 18.5 Å². The molecule has 1 aliphatic rings. The first-order valence-electron chi connectivity index (χ1n) is 3.74. The van der Waals surface area contributed by atoms with Gasteiger partial charge >= 0.3 is 0 Å². The Bertz CT molecular complexity index is 277. The molecule has 3 nitrogen and oxygen atoms in total. The molecule has 0 spiro atoms. The summed E-state index contributed by atoms with van der Waals surface area (Å²) >= 11 is 0. The Balaban J connectivity index is 2.23. The van der Waals surface area contributed by atoms with Gasteiger partial charge in [-0.1, -0.05) is 0 Å². The molecule has 3 heteroatoms. The molecular weight excluding hydrogens is 138 g/mol. The predicted octanol–water partition coefficient (Wildman–Crippen LogP) is 1.29. The SMILES string of the molecule is N#CCC1(n2cccn2)CC1. The second-order valence-electron chi connectivity index (χ2n) is 3.01. The van der Waals surface area contributed by atoms with Crippen LogP contribution in [0.25, 0.3) is 0 Å². The van der Waals surface area contributed by atoms with Crippen LogP contribution in [-0.2, 0) is 5.54 Å². The molecule has 1 fully saturated rings. The maximum atomic E-state index is 8.55. The second kappa shape index (κ2) is 2.09. The molecule has 1 heterocycles. The number of nitrogens with zero attached hydrogens (tertiary/aromatic N) is 3. The van der Waals surface area contributed by atoms with E-state index in [9.17, 15) is 0 Å². The quantitative estimate of drug-likeness (QED) is 0.632. The van der Waals surface area contributed by atoms with E-state index >= 15 is 0 Å². The number of aromatic nitrogens is 2. The molecule has 56 valence electrons. The summed E-state index contributed by atoms with van der Waals surface area (Å²) < 4.78 is 1.91. The second-order valence-corrected chi connectivity index (χ2v) is 3.01. The third-order valence-electron chi connectivity index (χ3n) is 2.23. The molecule has 0 radical (unpaired) electrons. The highest BCUT2D eigenvalue weighted by Crippen LogP contribution is 2.45. The van der Waals surface area contributed by atoms with Gasteiger partial charge in [0.25, 0.3) is 0 Å². The summed E-state index contributed by atoms with van der Waals surface area (Å²) in [7, 11) is 0. The Kier molecular flexibility index (Phi) is 1.22. The highest BCUT2D eigenvalue weighted by atomic mass is 15.3. The van der Waals surface area contributed by atoms with Crippen LogP contribution in [0.5, 0.6) is 0 Å². The lowest BCUT2D eigenvalue weighted by Gasteiger charge is -2.10. The van der Waals surface area contributed by atoms with Crippen LogP contribution in [0.1, 0.15) is 19.3 Å². The highest BCUT2D eigenvalue weighted by molar-refractivity contribution is 5.05. The van der Waals surface area contributed by atoms with Crippen LogP contribution >= 0.6 is 0 Å². The van der Waals surface area contributed by atoms with Crippen molar-refractivity contribution in [3.8, 4) is 6.07 Å². The molecule has 1 aromatic heterocycles. The zero-order valence-electron chi connectivity index (χ0n) is 6.20. The molecule has 0 N–H and O–H groups in total. The Morgan fingerprint density at radius 3 is 2.91 bits per heavy atom. The van der Waals surface area contributed by atoms with Crippen molar-refractivity contribution in [2.75, 3.05) is 0 Å². The molecule has 2 rings (SSSR count). The maximum Gasteiger partial charge on any atom is 0.0758 e. The number of rotatable bonds is 2. The first-order valence-corrected chi connectivity index (χ1v) is 3.74. The van der Waals surface area contributed by atoms with E-state index in [-0.39, 0.29) is 5.54 Å². The van der Waals surface area contributed by atoms with E-state index in [2.05, 4.69) is 11.2 Å². The Morgan fingerprint density at radius 1 is 1.64 bits per heavy atom. The smallest absolute Gasteiger partial charge is 0.0758 e. The summed E-state index contributed by atoms with van der Waals surface area (Å²) in [5.74, 6) is 0. The van der Waals surface area contributed by atoms with Gasteiger partial charge in [0, 0.05) is 12.4 Å². The molecule has 0 saturated heterocycles. The average molecular weight is 147 g/mol. The van der Waals surface area contributed by atoms with Crippen LogP contribution in [0.3, 0.4) is 0 Å². The number of hydrogen-bond acceptors (Lipinski definition) is 2. The fourth-order valence-corrected chi connectivity index (χ4v) is 1.33. The summed E-state index contributed by atoms with van der Waals surface area (Å²) in [6, 6.07) is 4.10. The van der Waals surface area contributed by atoms with Crippen LogP contribution in [0.15, 0.2) is 18.5 Å². The first-order chi connectivity index (χ1) is 5.37. The fourth-order valence-electron chi connectivity index (χ4n) is 1.33. The monoisotopic (exact) mass is 147 g/mol. The minimum absolute atomic E-state index is 0.0677. The molecule has 0 bridgehead atoms. The normalized spacial score (nSPS) is 19.2. The third kappa shape index (κ3) is 0.911. The Hall–Kier alpha value is -1.30. The van der Waals surface area contributed by atoms with Crippen LogP contribution in [0.2, 0.25) is 0 Å². The molecule has 0 unspecified atom stereocenters. The van der Waals surface area contributed by atoms with Crippen LogP contribution in [0, 0.1) is 11.3 Å². The molecule has 1 aliphatic carbocycles. The predicted molar refractivity (Wildman–Crippen MR) is 39.7 cm³/mol. The van der Waals surface area contributed by atoms with Gasteiger partial charge in [0.2, 0.25) is 0 Å². The van der Waals surface area contributed by atoms with Crippen molar-refractivity contribution in [2.45, 2.75) is 24.8 Å². The van der Waals surface area contributed by atoms with Gasteiger partial charge in [0.15, 0.2) is 0 Å². The summed E-state index contributed by atoms with van der Waals surface area (Å²) in [4.78, 5) is 0. The van der Waals surface area contributed by atoms with Crippen LogP contribution < -0.4 is 0 Å². The lowest BCUT2D eigenvalue weighted by atomic mass is 10.2. The lowest BCUT2D eigenvalue weighted by molar-refractivity contribution is 0.440. The largest absolute Gasteiger partial charge is 0.266 e. The third-order valence-corrected chi connectivity index (χ3v) is 2.23. The summed E-state index contributed by atoms with van der Waals surface area (Å²) in [5.41, 5.74) is 0.0677. The minimum Gasteiger partial charge on any atom is -0.266 e. The van der Waals surface area contributed by atoms with E-state index in [4.69, 9.17) is 5.26 Å².